The third-order valence-corrected chi connectivity index (χ3v) is 0.464. The van der Waals surface area contributed by atoms with Crippen LogP contribution in [0.3, 0.4) is 0 Å². The van der Waals surface area contributed by atoms with Gasteiger partial charge in [0.2, 0.25) is 0 Å². The van der Waals surface area contributed by atoms with Crippen LogP contribution < -0.4 is 0 Å². The largest absolute Gasteiger partial charge is 0.481 e. The van der Waals surface area contributed by atoms with Crippen molar-refractivity contribution in [2.24, 2.45) is 0 Å². The fourth-order valence-electron chi connectivity index (χ4n) is 0.214. The van der Waals surface area contributed by atoms with Crippen LogP contribution in [-0.2, 0) is 4.79 Å². The molecule has 0 rings (SSSR count). The maximum atomic E-state index is 9.60. The number of aliphatic carboxylic acids is 1. The molecule has 0 aromatic carbocycles. The fourth-order valence-corrected chi connectivity index (χ4v) is 0.214. The molecular formula is C4H9NO3. The molecule has 0 heterocycles. The summed E-state index contributed by atoms with van der Waals surface area (Å²) in [4.78, 5) is 17.1. The van der Waals surface area contributed by atoms with E-state index in [0.29, 0.717) is 6.42 Å². The predicted octanol–water partition coefficient (Wildman–Crippen LogP) is 1.20. The molecule has 48 valence electrons. The molecule has 0 aromatic heterocycles. The molecule has 0 aliphatic carbocycles. The van der Waals surface area contributed by atoms with Crippen molar-refractivity contribution in [1.82, 2.24) is 0 Å². The Morgan fingerprint density at radius 2 is 2.00 bits per heavy atom. The highest BCUT2D eigenvalue weighted by Gasteiger charge is 1.87. The van der Waals surface area contributed by atoms with E-state index in [1.54, 1.807) is 0 Å². The molecule has 0 fully saturated rings. The molecule has 2 N–H and O–H groups in total. The summed E-state index contributed by atoms with van der Waals surface area (Å²) >= 11 is 0. The summed E-state index contributed by atoms with van der Waals surface area (Å²) in [5, 5.41) is 7.91. The highest BCUT2D eigenvalue weighted by atomic mass is 16.4. The Morgan fingerprint density at radius 3 is 2.00 bits per heavy atom. The first-order valence-corrected chi connectivity index (χ1v) is 2.19. The summed E-state index contributed by atoms with van der Waals surface area (Å²) in [6.07, 6.45) is 1.02. The zero-order chi connectivity index (χ0) is 6.99. The smallest absolute Gasteiger partial charge is 0.303 e. The van der Waals surface area contributed by atoms with Gasteiger partial charge in [0.05, 0.1) is 0 Å². The zero-order valence-electron chi connectivity index (χ0n) is 4.68. The van der Waals surface area contributed by atoms with Gasteiger partial charge in [-0.1, -0.05) is 12.5 Å². The van der Waals surface area contributed by atoms with Crippen molar-refractivity contribution in [3.8, 4) is 0 Å². The quantitative estimate of drug-likeness (QED) is 0.536. The van der Waals surface area contributed by atoms with Crippen LogP contribution in [0.25, 0.3) is 0 Å². The second-order valence-electron chi connectivity index (χ2n) is 1.14. The van der Waals surface area contributed by atoms with Crippen LogP contribution in [0.5, 0.6) is 0 Å². The molecule has 0 radical (unpaired) electrons. The van der Waals surface area contributed by atoms with Gasteiger partial charge in [0.25, 0.3) is 0 Å². The average molecular weight is 119 g/mol. The van der Waals surface area contributed by atoms with E-state index >= 15 is 0 Å². The molecule has 0 aromatic rings. The highest BCUT2D eigenvalue weighted by molar-refractivity contribution is 5.66. The van der Waals surface area contributed by atoms with Crippen molar-refractivity contribution in [1.29, 1.82) is 5.59 Å². The van der Waals surface area contributed by atoms with Gasteiger partial charge in [-0.05, 0) is 6.42 Å². The van der Waals surface area contributed by atoms with Crippen LogP contribution in [0.4, 0.5) is 0 Å². The topological polar surface area (TPSA) is 78.2 Å². The number of carbonyl (C=O) groups is 1. The molecule has 0 amide bonds. The minimum atomic E-state index is -0.711. The minimum Gasteiger partial charge on any atom is -0.481 e. The van der Waals surface area contributed by atoms with Gasteiger partial charge in [-0.3, -0.25) is 4.79 Å². The monoisotopic (exact) mass is 119 g/mol. The lowest BCUT2D eigenvalue weighted by Crippen LogP contribution is -1.90. The highest BCUT2D eigenvalue weighted by Crippen LogP contribution is 1.82. The third kappa shape index (κ3) is 19.6. The number of hydrogen-bond donors (Lipinski definition) is 2. The first kappa shape index (κ1) is 10.1. The standard InChI is InChI=1S/C4H8O2.HNO/c1-2-3-4(5)6;1-2/h2-3H2,1H3,(H,5,6);1H. The minimum absolute atomic E-state index is 0.292. The molecule has 0 saturated carbocycles. The molecule has 0 bridgehead atoms. The number of nitrogens with one attached hydrogen (secondary N) is 1. The Balaban J connectivity index is 0. The second-order valence-corrected chi connectivity index (χ2v) is 1.14. The van der Waals surface area contributed by atoms with Crippen molar-refractivity contribution in [3.63, 3.8) is 0 Å². The lowest BCUT2D eigenvalue weighted by atomic mass is 10.4. The van der Waals surface area contributed by atoms with Gasteiger partial charge in [0, 0.05) is 6.42 Å². The van der Waals surface area contributed by atoms with E-state index in [0.717, 1.165) is 6.42 Å². The van der Waals surface area contributed by atoms with Crippen molar-refractivity contribution in [2.75, 3.05) is 0 Å². The van der Waals surface area contributed by atoms with Crippen LogP contribution in [0, 0.1) is 10.5 Å². The van der Waals surface area contributed by atoms with Crippen LogP contribution in [0.15, 0.2) is 0 Å². The predicted molar refractivity (Wildman–Crippen MR) is 28.6 cm³/mol. The molecule has 0 saturated heterocycles. The van der Waals surface area contributed by atoms with Gasteiger partial charge in [0.15, 0.2) is 0 Å². The van der Waals surface area contributed by atoms with Crippen molar-refractivity contribution in [3.05, 3.63) is 4.91 Å². The van der Waals surface area contributed by atoms with Gasteiger partial charge in [-0.25, -0.2) is 0 Å². The molecular weight excluding hydrogens is 110 g/mol. The Morgan fingerprint density at radius 1 is 1.62 bits per heavy atom. The summed E-state index contributed by atoms with van der Waals surface area (Å²) in [6, 6.07) is 0. The summed E-state index contributed by atoms with van der Waals surface area (Å²) in [5.41, 5.74) is 4.50. The summed E-state index contributed by atoms with van der Waals surface area (Å²) in [7, 11) is 0. The van der Waals surface area contributed by atoms with E-state index in [9.17, 15) is 4.79 Å². The van der Waals surface area contributed by atoms with Crippen LogP contribution in [-0.4, -0.2) is 11.1 Å². The first-order chi connectivity index (χ1) is 3.77. The normalized spacial score (nSPS) is 6.62. The number of carboxylic acid groups (broad SMARTS) is 1. The lowest BCUT2D eigenvalue weighted by molar-refractivity contribution is -0.137. The second kappa shape index (κ2) is 9.42. The van der Waals surface area contributed by atoms with Crippen molar-refractivity contribution in [2.45, 2.75) is 19.8 Å². The third-order valence-electron chi connectivity index (χ3n) is 0.464. The van der Waals surface area contributed by atoms with Crippen molar-refractivity contribution < 1.29 is 9.90 Å². The zero-order valence-corrected chi connectivity index (χ0v) is 4.68. The van der Waals surface area contributed by atoms with Crippen LogP contribution in [0.2, 0.25) is 0 Å². The number of nitroso groups, excluding NO2 is 1. The van der Waals surface area contributed by atoms with Gasteiger partial charge in [-0.2, -0.15) is 4.91 Å². The molecule has 0 aliphatic rings. The maximum absolute atomic E-state index is 9.60. The van der Waals surface area contributed by atoms with Crippen LogP contribution >= 0.6 is 0 Å². The van der Waals surface area contributed by atoms with E-state index in [-0.39, 0.29) is 0 Å². The Labute approximate surface area is 47.3 Å². The summed E-state index contributed by atoms with van der Waals surface area (Å²) < 4.78 is 0. The molecule has 8 heavy (non-hydrogen) atoms. The van der Waals surface area contributed by atoms with Crippen molar-refractivity contribution >= 4 is 5.97 Å². The lowest BCUT2D eigenvalue weighted by Gasteiger charge is -1.79. The molecule has 0 aliphatic heterocycles. The number of rotatable bonds is 2. The summed E-state index contributed by atoms with van der Waals surface area (Å²) in [6.45, 7) is 1.84. The molecule has 0 spiro atoms. The SMILES string of the molecule is CCCC(=O)O.N=O. The van der Waals surface area contributed by atoms with Crippen LogP contribution in [0.1, 0.15) is 19.8 Å². The van der Waals surface area contributed by atoms with E-state index < -0.39 is 5.97 Å². The molecule has 4 heteroatoms. The summed E-state index contributed by atoms with van der Waals surface area (Å²) in [5.74, 6) is -0.711. The Hall–Kier alpha value is -0.930. The molecule has 0 atom stereocenters. The van der Waals surface area contributed by atoms with Gasteiger partial charge in [0.1, 0.15) is 0 Å². The molecule has 0 unspecified atom stereocenters. The first-order valence-electron chi connectivity index (χ1n) is 2.19. The van der Waals surface area contributed by atoms with Gasteiger partial charge < -0.3 is 5.11 Å². The average Bonchev–Trinajstić information content (AvgIpc) is 1.72. The van der Waals surface area contributed by atoms with E-state index in [4.69, 9.17) is 10.0 Å². The Kier molecular flexibility index (Phi) is 11.9. The van der Waals surface area contributed by atoms with E-state index in [1.165, 1.54) is 0 Å². The number of carboxylic acids is 1. The maximum Gasteiger partial charge on any atom is 0.303 e. The Bertz CT molecular complexity index is 64.3. The van der Waals surface area contributed by atoms with Gasteiger partial charge >= 0.3 is 5.97 Å². The van der Waals surface area contributed by atoms with Gasteiger partial charge in [-0.15, -0.1) is 0 Å². The van der Waals surface area contributed by atoms with E-state index in [1.807, 2.05) is 6.92 Å². The van der Waals surface area contributed by atoms with E-state index in [2.05, 4.69) is 5.59 Å². The fraction of sp³-hybridized carbons (Fsp3) is 0.750. The molecule has 4 nitrogen and oxygen atoms in total. The number of hydrogen-bond acceptors (Lipinski definition) is 3.